The molecule has 0 bridgehead atoms. The first kappa shape index (κ1) is 97.8. The largest absolute Gasteiger partial charge is 2.00 e. The van der Waals surface area contributed by atoms with Crippen LogP contribution in [-0.2, 0) is 10.4 Å². The van der Waals surface area contributed by atoms with Crippen LogP contribution in [0.3, 0.4) is 0 Å². The molecule has 14 N–H and O–H groups in total. The van der Waals surface area contributed by atoms with Crippen molar-refractivity contribution in [2.24, 2.45) is 0 Å². The van der Waals surface area contributed by atoms with Crippen molar-refractivity contribution in [3.05, 3.63) is 15.3 Å². The normalized spacial score (nSPS) is 4.56. The molecule has 0 saturated heterocycles. The van der Waals surface area contributed by atoms with Gasteiger partial charge in [-0.1, -0.05) is 0 Å². The summed E-state index contributed by atoms with van der Waals surface area (Å²) in [6.07, 6.45) is 0. The summed E-state index contributed by atoms with van der Waals surface area (Å²) in [5.41, 5.74) is 0. The maximum atomic E-state index is 8.52. The summed E-state index contributed by atoms with van der Waals surface area (Å²) in [7, 11) is -5.17. The molecule has 0 aromatic rings. The molecule has 0 radical (unpaired) electrons. The van der Waals surface area contributed by atoms with E-state index in [0.717, 1.165) is 0 Å². The summed E-state index contributed by atoms with van der Waals surface area (Å²) in [4.78, 5) is 8.25. The van der Waals surface area contributed by atoms with Crippen molar-refractivity contribution in [2.45, 2.75) is 0 Å². The molecule has 0 spiro atoms. The van der Waals surface area contributed by atoms with Crippen LogP contribution in [-0.4, -0.2) is 122 Å². The second-order valence-corrected chi connectivity index (χ2v) is 1.45. The smallest absolute Gasteiger partial charge is 0.759 e. The second kappa shape index (κ2) is 52.3. The fourth-order valence-corrected chi connectivity index (χ4v) is 0. The van der Waals surface area contributed by atoms with Gasteiger partial charge in [-0.15, -0.1) is 0 Å². The van der Waals surface area contributed by atoms with E-state index in [1.807, 2.05) is 0 Å². The first-order valence-corrected chi connectivity index (χ1v) is 2.55. The number of hydrogen-bond acceptors (Lipinski definition) is 7. The summed E-state index contributed by atoms with van der Waals surface area (Å²) >= 11 is 0. The molecule has 18 heavy (non-hydrogen) atoms. The van der Waals surface area contributed by atoms with Crippen LogP contribution in [0.25, 0.3) is 0 Å². The van der Waals surface area contributed by atoms with Crippen molar-refractivity contribution < 1.29 is 60.9 Å². The average Bonchev–Trinajstić information content (AvgIpc) is 1.19. The van der Waals surface area contributed by atoms with Gasteiger partial charge in [-0.25, -0.2) is 0 Å². The van der Waals surface area contributed by atoms with Crippen molar-refractivity contribution in [2.75, 3.05) is 0 Å². The van der Waals surface area contributed by atoms with Crippen LogP contribution in [0.15, 0.2) is 0 Å². The van der Waals surface area contributed by atoms with E-state index in [9.17, 15) is 0 Å². The van der Waals surface area contributed by atoms with Crippen molar-refractivity contribution in [3.8, 4) is 0 Å². The third-order valence-corrected chi connectivity index (χ3v) is 0. The van der Waals surface area contributed by atoms with Crippen LogP contribution in [0, 0.1) is 15.3 Å². The minimum Gasteiger partial charge on any atom is -0.759 e. The quantitative estimate of drug-likeness (QED) is 0.133. The Balaban J connectivity index is -0.00000000406. The van der Waals surface area contributed by atoms with Gasteiger partial charge in [-0.2, -0.15) is 0 Å². The van der Waals surface area contributed by atoms with Gasteiger partial charge < -0.3 is 62.8 Å². The molecule has 0 unspecified atom stereocenters. The standard InChI is InChI=1S/Ca.Mg.NO3.H2O4S.7H2O/c;;2-1(3)4;1-5(2,3)4;;;;;;;/h;;;(H2,1,2,3,4);7*1H2/q2*+2;-1;;;;;;;;/p-2. The van der Waals surface area contributed by atoms with Crippen molar-refractivity contribution in [1.82, 2.24) is 0 Å². The van der Waals surface area contributed by atoms with Crippen LogP contribution in [0.2, 0.25) is 0 Å². The number of nitrogens with zero attached hydrogens (tertiary/aromatic N) is 1. The molecule has 0 rings (SSSR count). The molecular weight excluding hydrogens is 334 g/mol. The Hall–Kier alpha value is 0.816. The van der Waals surface area contributed by atoms with E-state index in [1.54, 1.807) is 0 Å². The van der Waals surface area contributed by atoms with Gasteiger partial charge in [-0.3, -0.25) is 8.42 Å². The van der Waals surface area contributed by atoms with Crippen LogP contribution in [0.1, 0.15) is 0 Å². The molecule has 112 valence electrons. The van der Waals surface area contributed by atoms with E-state index in [-0.39, 0.29) is 99.1 Å². The Kier molecular flexibility index (Phi) is 284. The van der Waals surface area contributed by atoms with Gasteiger partial charge in [0, 0.05) is 10.4 Å². The molecule has 0 aliphatic heterocycles. The number of hydrogen-bond donors (Lipinski definition) is 0. The summed E-state index contributed by atoms with van der Waals surface area (Å²) < 4.78 is 34.1. The van der Waals surface area contributed by atoms with Gasteiger partial charge in [0.25, 0.3) is 0 Å². The fraction of sp³-hybridized carbons (Fsp3) is 0. The maximum Gasteiger partial charge on any atom is 2.00 e. The van der Waals surface area contributed by atoms with Crippen LogP contribution in [0.4, 0.5) is 0 Å². The second-order valence-electron chi connectivity index (χ2n) is 0.632. The molecule has 0 heterocycles. The van der Waals surface area contributed by atoms with Gasteiger partial charge in [0.1, 0.15) is 0 Å². The first-order valence-electron chi connectivity index (χ1n) is 1.21. The van der Waals surface area contributed by atoms with Gasteiger partial charge in [0.15, 0.2) is 0 Å². The van der Waals surface area contributed by atoms with E-state index in [4.69, 9.17) is 32.8 Å². The molecular formula is H14CaMgNO14S+. The van der Waals surface area contributed by atoms with Gasteiger partial charge in [0.2, 0.25) is 0 Å². The van der Waals surface area contributed by atoms with Crippen LogP contribution >= 0.6 is 0 Å². The zero-order chi connectivity index (χ0) is 8.08. The average molecular weight is 349 g/mol. The van der Waals surface area contributed by atoms with Gasteiger partial charge in [0.05, 0.1) is 5.09 Å². The van der Waals surface area contributed by atoms with Gasteiger partial charge >= 0.3 is 60.8 Å². The predicted octanol–water partition coefficient (Wildman–Crippen LogP) is -8.11. The minimum atomic E-state index is -5.17. The Morgan fingerprint density at radius 3 is 0.722 bits per heavy atom. The Bertz CT molecular complexity index is 164. The molecule has 0 atom stereocenters. The minimum absolute atomic E-state index is 0. The van der Waals surface area contributed by atoms with Crippen LogP contribution < -0.4 is 0 Å². The maximum absolute atomic E-state index is 8.52. The summed E-state index contributed by atoms with van der Waals surface area (Å²) in [6.45, 7) is 0. The zero-order valence-electron chi connectivity index (χ0n) is 8.63. The van der Waals surface area contributed by atoms with Crippen molar-refractivity contribution in [3.63, 3.8) is 0 Å². The third kappa shape index (κ3) is 6320. The van der Waals surface area contributed by atoms with Crippen molar-refractivity contribution >= 4 is 71.2 Å². The van der Waals surface area contributed by atoms with E-state index >= 15 is 0 Å². The molecule has 0 amide bonds. The third-order valence-electron chi connectivity index (χ3n) is 0. The zero-order valence-corrected chi connectivity index (χ0v) is 13.1. The molecule has 15 nitrogen and oxygen atoms in total. The van der Waals surface area contributed by atoms with Crippen molar-refractivity contribution in [1.29, 1.82) is 0 Å². The molecule has 0 saturated carbocycles. The first-order chi connectivity index (χ1) is 3.73. The SMILES string of the molecule is O.O.O.O.O.O.O.O=S(=O)([O-])[O-].O=[N+]([O-])[O-].[Ca+2].[Mg+2]. The van der Waals surface area contributed by atoms with E-state index in [1.165, 1.54) is 0 Å². The number of rotatable bonds is 0. The summed E-state index contributed by atoms with van der Waals surface area (Å²) in [5.74, 6) is 0. The Morgan fingerprint density at radius 1 is 0.722 bits per heavy atom. The fourth-order valence-electron chi connectivity index (χ4n) is 0. The summed E-state index contributed by atoms with van der Waals surface area (Å²) in [5, 5.41) is 14.8. The predicted molar refractivity (Wildman–Crippen MR) is 57.6 cm³/mol. The van der Waals surface area contributed by atoms with Crippen LogP contribution in [0.5, 0.6) is 0 Å². The molecule has 0 aliphatic rings. The van der Waals surface area contributed by atoms with E-state index in [2.05, 4.69) is 0 Å². The molecule has 0 aromatic carbocycles. The molecule has 0 aliphatic carbocycles. The van der Waals surface area contributed by atoms with E-state index < -0.39 is 15.5 Å². The van der Waals surface area contributed by atoms with Gasteiger partial charge in [-0.05, 0) is 0 Å². The molecule has 0 fully saturated rings. The molecule has 18 heteroatoms. The topological polar surface area (TPSA) is 367 Å². The Morgan fingerprint density at radius 2 is 0.722 bits per heavy atom. The molecule has 0 aromatic heterocycles. The van der Waals surface area contributed by atoms with E-state index in [0.29, 0.717) is 0 Å². The Labute approximate surface area is 146 Å². The monoisotopic (exact) mass is 348 g/mol. The summed E-state index contributed by atoms with van der Waals surface area (Å²) in [6, 6.07) is 0.